The Hall–Kier alpha value is -3.41. The summed E-state index contributed by atoms with van der Waals surface area (Å²) in [7, 11) is 0. The van der Waals surface area contributed by atoms with Gasteiger partial charge >= 0.3 is 0 Å². The van der Waals surface area contributed by atoms with Gasteiger partial charge in [-0.3, -0.25) is 9.59 Å². The Bertz CT molecular complexity index is 971. The average Bonchev–Trinajstić information content (AvgIpc) is 3.15. The highest BCUT2D eigenvalue weighted by atomic mass is 16.2. The number of nitrogens with zero attached hydrogens (tertiary/aromatic N) is 2. The number of nitrogens with one attached hydrogen (secondary N) is 2. The Morgan fingerprint density at radius 2 is 1.79 bits per heavy atom. The van der Waals surface area contributed by atoms with Crippen molar-refractivity contribution in [3.8, 4) is 5.69 Å². The van der Waals surface area contributed by atoms with E-state index in [1.165, 1.54) is 0 Å². The summed E-state index contributed by atoms with van der Waals surface area (Å²) in [6.07, 6.45) is 3.61. The lowest BCUT2D eigenvalue weighted by Crippen LogP contribution is -2.28. The van der Waals surface area contributed by atoms with Gasteiger partial charge in [-0.2, -0.15) is 5.10 Å². The third kappa shape index (κ3) is 4.85. The fraction of sp³-hybridized carbons (Fsp3) is 0.227. The number of hydrogen-bond acceptors (Lipinski definition) is 3. The molecule has 0 aliphatic carbocycles. The van der Waals surface area contributed by atoms with Crippen LogP contribution in [0.2, 0.25) is 0 Å². The maximum atomic E-state index is 12.5. The minimum atomic E-state index is -0.503. The molecule has 0 aliphatic heterocycles. The van der Waals surface area contributed by atoms with Crippen LogP contribution in [0.15, 0.2) is 67.0 Å². The summed E-state index contributed by atoms with van der Waals surface area (Å²) >= 11 is 0. The van der Waals surface area contributed by atoms with Gasteiger partial charge < -0.3 is 10.6 Å². The van der Waals surface area contributed by atoms with Crippen molar-refractivity contribution in [2.45, 2.75) is 27.3 Å². The fourth-order valence-corrected chi connectivity index (χ4v) is 2.51. The SMILES string of the molecule is CC(C)(C)C(=O)Nc1cccc(C(=O)NCc2cnn(-c3ccccc3)c2)c1. The smallest absolute Gasteiger partial charge is 0.251 e. The fourth-order valence-electron chi connectivity index (χ4n) is 2.51. The highest BCUT2D eigenvalue weighted by Crippen LogP contribution is 2.18. The third-order valence-electron chi connectivity index (χ3n) is 4.17. The zero-order valence-electron chi connectivity index (χ0n) is 16.3. The van der Waals surface area contributed by atoms with Crippen LogP contribution in [0, 0.1) is 5.41 Å². The van der Waals surface area contributed by atoms with E-state index in [1.54, 1.807) is 35.1 Å². The minimum Gasteiger partial charge on any atom is -0.348 e. The van der Waals surface area contributed by atoms with E-state index in [1.807, 2.05) is 57.3 Å². The van der Waals surface area contributed by atoms with E-state index in [0.717, 1.165) is 11.3 Å². The Morgan fingerprint density at radius 1 is 1.04 bits per heavy atom. The van der Waals surface area contributed by atoms with Gasteiger partial charge in [0.2, 0.25) is 5.91 Å². The molecular weight excluding hydrogens is 352 g/mol. The molecule has 0 unspecified atom stereocenters. The van der Waals surface area contributed by atoms with E-state index < -0.39 is 5.41 Å². The molecule has 3 rings (SSSR count). The number of hydrogen-bond donors (Lipinski definition) is 2. The van der Waals surface area contributed by atoms with E-state index >= 15 is 0 Å². The topological polar surface area (TPSA) is 76.0 Å². The summed E-state index contributed by atoms with van der Waals surface area (Å²) < 4.78 is 1.77. The number of carbonyl (C=O) groups is 2. The molecule has 1 heterocycles. The number of rotatable bonds is 5. The van der Waals surface area contributed by atoms with Crippen LogP contribution in [0.5, 0.6) is 0 Å². The van der Waals surface area contributed by atoms with E-state index in [-0.39, 0.29) is 11.8 Å². The van der Waals surface area contributed by atoms with Crippen molar-refractivity contribution in [2.24, 2.45) is 5.41 Å². The summed E-state index contributed by atoms with van der Waals surface area (Å²) in [6, 6.07) is 16.7. The van der Waals surface area contributed by atoms with Gasteiger partial charge in [-0.1, -0.05) is 45.0 Å². The predicted molar refractivity (Wildman–Crippen MR) is 109 cm³/mol. The molecule has 1 aromatic heterocycles. The third-order valence-corrected chi connectivity index (χ3v) is 4.17. The van der Waals surface area contributed by atoms with Crippen LogP contribution in [0.3, 0.4) is 0 Å². The molecule has 0 aliphatic rings. The number of carbonyl (C=O) groups excluding carboxylic acids is 2. The molecule has 0 spiro atoms. The molecule has 0 saturated carbocycles. The van der Waals surface area contributed by atoms with Gasteiger partial charge in [-0.25, -0.2) is 4.68 Å². The van der Waals surface area contributed by atoms with Crippen LogP contribution < -0.4 is 10.6 Å². The first-order valence-corrected chi connectivity index (χ1v) is 9.11. The van der Waals surface area contributed by atoms with E-state index in [4.69, 9.17) is 0 Å². The molecule has 0 fully saturated rings. The summed E-state index contributed by atoms with van der Waals surface area (Å²) in [5.74, 6) is -0.308. The van der Waals surface area contributed by atoms with Crippen LogP contribution in [-0.4, -0.2) is 21.6 Å². The summed E-state index contributed by atoms with van der Waals surface area (Å²) in [5, 5.41) is 10.1. The van der Waals surface area contributed by atoms with Crippen LogP contribution in [0.25, 0.3) is 5.69 Å². The van der Waals surface area contributed by atoms with Crippen molar-refractivity contribution in [3.63, 3.8) is 0 Å². The lowest BCUT2D eigenvalue weighted by atomic mass is 9.95. The summed E-state index contributed by atoms with van der Waals surface area (Å²) in [4.78, 5) is 24.6. The first-order chi connectivity index (χ1) is 13.3. The molecule has 6 nitrogen and oxygen atoms in total. The zero-order chi connectivity index (χ0) is 20.1. The molecule has 6 heteroatoms. The Labute approximate surface area is 164 Å². The van der Waals surface area contributed by atoms with Crippen molar-refractivity contribution < 1.29 is 9.59 Å². The molecule has 0 radical (unpaired) electrons. The number of anilines is 1. The standard InChI is InChI=1S/C22H24N4O2/c1-22(2,3)21(28)25-18-9-7-8-17(12-18)20(27)23-13-16-14-24-26(15-16)19-10-5-4-6-11-19/h4-12,14-15H,13H2,1-3H3,(H,23,27)(H,25,28). The van der Waals surface area contributed by atoms with Crippen LogP contribution in [0.1, 0.15) is 36.7 Å². The quantitative estimate of drug-likeness (QED) is 0.711. The zero-order valence-corrected chi connectivity index (χ0v) is 16.3. The number of benzene rings is 2. The number of amides is 2. The number of aromatic nitrogens is 2. The van der Waals surface area contributed by atoms with Crippen molar-refractivity contribution in [1.82, 2.24) is 15.1 Å². The van der Waals surface area contributed by atoms with E-state index in [0.29, 0.717) is 17.8 Å². The molecule has 28 heavy (non-hydrogen) atoms. The molecule has 2 amide bonds. The first-order valence-electron chi connectivity index (χ1n) is 9.11. The molecule has 2 N–H and O–H groups in total. The van der Waals surface area contributed by atoms with Gasteiger partial charge in [-0.05, 0) is 30.3 Å². The number of para-hydroxylation sites is 1. The molecule has 0 saturated heterocycles. The highest BCUT2D eigenvalue weighted by Gasteiger charge is 2.21. The Morgan fingerprint density at radius 3 is 2.50 bits per heavy atom. The van der Waals surface area contributed by atoms with Gasteiger partial charge in [0.15, 0.2) is 0 Å². The van der Waals surface area contributed by atoms with Crippen molar-refractivity contribution in [1.29, 1.82) is 0 Å². The van der Waals surface area contributed by atoms with Crippen molar-refractivity contribution >= 4 is 17.5 Å². The molecule has 2 aromatic carbocycles. The highest BCUT2D eigenvalue weighted by molar-refractivity contribution is 5.98. The molecule has 3 aromatic rings. The van der Waals surface area contributed by atoms with Crippen molar-refractivity contribution in [2.75, 3.05) is 5.32 Å². The Kier molecular flexibility index (Phi) is 5.59. The summed E-state index contributed by atoms with van der Waals surface area (Å²) in [5.41, 5.74) is 2.44. The summed E-state index contributed by atoms with van der Waals surface area (Å²) in [6.45, 7) is 5.89. The second-order valence-electron chi connectivity index (χ2n) is 7.60. The molecule has 144 valence electrons. The van der Waals surface area contributed by atoms with Gasteiger partial charge in [0.25, 0.3) is 5.91 Å². The maximum Gasteiger partial charge on any atom is 0.251 e. The maximum absolute atomic E-state index is 12.5. The minimum absolute atomic E-state index is 0.0987. The van der Waals surface area contributed by atoms with Crippen LogP contribution in [-0.2, 0) is 11.3 Å². The Balaban J connectivity index is 1.62. The molecule has 0 bridgehead atoms. The van der Waals surface area contributed by atoms with Gasteiger partial charge in [-0.15, -0.1) is 0 Å². The lowest BCUT2D eigenvalue weighted by Gasteiger charge is -2.18. The lowest BCUT2D eigenvalue weighted by molar-refractivity contribution is -0.123. The molecular formula is C22H24N4O2. The van der Waals surface area contributed by atoms with Crippen LogP contribution in [0.4, 0.5) is 5.69 Å². The monoisotopic (exact) mass is 376 g/mol. The predicted octanol–water partition coefficient (Wildman–Crippen LogP) is 3.79. The largest absolute Gasteiger partial charge is 0.348 e. The first kappa shape index (κ1) is 19.4. The van der Waals surface area contributed by atoms with Crippen LogP contribution >= 0.6 is 0 Å². The van der Waals surface area contributed by atoms with Gasteiger partial charge in [0, 0.05) is 35.0 Å². The average molecular weight is 376 g/mol. The van der Waals surface area contributed by atoms with Crippen molar-refractivity contribution in [3.05, 3.63) is 78.1 Å². The second kappa shape index (κ2) is 8.08. The van der Waals surface area contributed by atoms with E-state index in [9.17, 15) is 9.59 Å². The molecule has 0 atom stereocenters. The normalized spacial score (nSPS) is 11.1. The van der Waals surface area contributed by atoms with E-state index in [2.05, 4.69) is 15.7 Å². The van der Waals surface area contributed by atoms with Gasteiger partial charge in [0.1, 0.15) is 0 Å². The van der Waals surface area contributed by atoms with Gasteiger partial charge in [0.05, 0.1) is 11.9 Å². The second-order valence-corrected chi connectivity index (χ2v) is 7.60.